The molecule has 13 nitrogen and oxygen atoms in total. The maximum atomic E-state index is 13.6. The molecule has 2 fully saturated rings. The van der Waals surface area contributed by atoms with Crippen molar-refractivity contribution in [3.05, 3.63) is 89.1 Å². The van der Waals surface area contributed by atoms with Crippen LogP contribution in [0, 0.1) is 0 Å². The minimum atomic E-state index is -0.645. The molecule has 0 bridgehead atoms. The van der Waals surface area contributed by atoms with Crippen LogP contribution in [0.4, 0.5) is 5.69 Å². The Hall–Kier alpha value is -5.56. The molecule has 0 radical (unpaired) electrons. The highest BCUT2D eigenvalue weighted by Crippen LogP contribution is 2.40. The fourth-order valence-electron chi connectivity index (χ4n) is 5.93. The molecule has 3 heterocycles. The van der Waals surface area contributed by atoms with E-state index in [0.717, 1.165) is 5.69 Å². The Balaban J connectivity index is 0.976. The topological polar surface area (TPSA) is 148 Å². The summed E-state index contributed by atoms with van der Waals surface area (Å²) in [7, 11) is 1.50. The number of ketones is 1. The molecule has 2 saturated heterocycles. The molecule has 0 spiro atoms. The molecular weight excluding hydrogens is 630 g/mol. The number of benzene rings is 2. The number of pyridine rings is 1. The summed E-state index contributed by atoms with van der Waals surface area (Å²) < 4.78 is 17.1. The van der Waals surface area contributed by atoms with Gasteiger partial charge in [0, 0.05) is 79.2 Å². The molecule has 254 valence electrons. The van der Waals surface area contributed by atoms with Gasteiger partial charge in [0.1, 0.15) is 12.4 Å². The van der Waals surface area contributed by atoms with Gasteiger partial charge in [0.25, 0.3) is 23.5 Å². The molecule has 3 aliphatic rings. The second-order valence-electron chi connectivity index (χ2n) is 11.7. The van der Waals surface area contributed by atoms with Crippen molar-refractivity contribution in [3.63, 3.8) is 0 Å². The predicted molar refractivity (Wildman–Crippen MR) is 178 cm³/mol. The fraction of sp³-hybridized carbons (Fsp3) is 0.333. The van der Waals surface area contributed by atoms with E-state index in [2.05, 4.69) is 10.3 Å². The number of rotatable bonds is 13. The molecule has 0 unspecified atom stereocenters. The van der Waals surface area contributed by atoms with E-state index in [1.54, 1.807) is 47.4 Å². The predicted octanol–water partition coefficient (Wildman–Crippen LogP) is 2.46. The van der Waals surface area contributed by atoms with E-state index < -0.39 is 11.7 Å². The molecule has 3 aromatic rings. The number of nitrogens with zero attached hydrogens (tertiary/aromatic N) is 4. The van der Waals surface area contributed by atoms with Crippen LogP contribution in [-0.2, 0) is 25.5 Å². The highest BCUT2D eigenvalue weighted by molar-refractivity contribution is 6.54. The van der Waals surface area contributed by atoms with Gasteiger partial charge in [-0.2, -0.15) is 0 Å². The molecule has 1 N–H and O–H groups in total. The van der Waals surface area contributed by atoms with Gasteiger partial charge < -0.3 is 29.3 Å². The van der Waals surface area contributed by atoms with Crippen LogP contribution >= 0.6 is 0 Å². The Bertz CT molecular complexity index is 1770. The largest absolute Gasteiger partial charge is 0.489 e. The van der Waals surface area contributed by atoms with Gasteiger partial charge in [0.05, 0.1) is 26.5 Å². The van der Waals surface area contributed by atoms with Gasteiger partial charge in [-0.15, -0.1) is 0 Å². The van der Waals surface area contributed by atoms with Crippen molar-refractivity contribution in [2.45, 2.75) is 12.8 Å². The number of Topliss-reactive ketones (excluding diaryl/α,β-unsaturated/α-hetero) is 1. The third-order valence-electron chi connectivity index (χ3n) is 8.68. The number of hydrogen-bond donors (Lipinski definition) is 1. The maximum absolute atomic E-state index is 13.6. The van der Waals surface area contributed by atoms with Crippen molar-refractivity contribution in [1.29, 1.82) is 0 Å². The molecule has 0 saturated carbocycles. The van der Waals surface area contributed by atoms with Crippen LogP contribution in [0.15, 0.2) is 66.9 Å². The van der Waals surface area contributed by atoms with Crippen LogP contribution in [0.3, 0.4) is 0 Å². The number of β-lactam (4-membered cyclic amide) rings is 1. The number of piperazine rings is 1. The molecule has 2 aromatic carbocycles. The highest BCUT2D eigenvalue weighted by atomic mass is 16.5. The molecule has 1 aliphatic carbocycles. The Labute approximate surface area is 283 Å². The number of likely N-dealkylation sites (tertiary alicyclic amines) is 1. The summed E-state index contributed by atoms with van der Waals surface area (Å²) in [6, 6.07) is 15.9. The van der Waals surface area contributed by atoms with E-state index in [4.69, 9.17) is 14.2 Å². The fourth-order valence-corrected chi connectivity index (χ4v) is 5.93. The molecule has 2 aliphatic heterocycles. The highest BCUT2D eigenvalue weighted by Gasteiger charge is 2.35. The minimum Gasteiger partial charge on any atom is -0.489 e. The molecule has 1 aromatic heterocycles. The quantitative estimate of drug-likeness (QED) is 0.125. The molecule has 6 rings (SSSR count). The number of carbonyl (C=O) groups excluding carboxylic acids is 5. The number of carbonyl (C=O) groups is 5. The van der Waals surface area contributed by atoms with Gasteiger partial charge in [0.15, 0.2) is 0 Å². The number of ether oxygens (including phenoxy) is 3. The van der Waals surface area contributed by atoms with Crippen LogP contribution in [-0.4, -0.2) is 115 Å². The van der Waals surface area contributed by atoms with Crippen LogP contribution in [0.1, 0.15) is 38.3 Å². The Morgan fingerprint density at radius 2 is 1.55 bits per heavy atom. The van der Waals surface area contributed by atoms with Crippen molar-refractivity contribution >= 4 is 40.7 Å². The first-order valence-electron chi connectivity index (χ1n) is 16.2. The average molecular weight is 668 g/mol. The van der Waals surface area contributed by atoms with E-state index in [-0.39, 0.29) is 49.6 Å². The van der Waals surface area contributed by atoms with Crippen LogP contribution in [0.2, 0.25) is 0 Å². The third-order valence-corrected chi connectivity index (χ3v) is 8.68. The zero-order chi connectivity index (χ0) is 34.3. The summed E-state index contributed by atoms with van der Waals surface area (Å²) in [6.45, 7) is 2.97. The van der Waals surface area contributed by atoms with Crippen LogP contribution in [0.25, 0.3) is 5.57 Å². The van der Waals surface area contributed by atoms with Crippen molar-refractivity contribution in [2.24, 2.45) is 0 Å². The van der Waals surface area contributed by atoms with Gasteiger partial charge in [-0.3, -0.25) is 28.9 Å². The maximum Gasteiger partial charge on any atom is 0.295 e. The van der Waals surface area contributed by atoms with E-state index in [1.165, 1.54) is 23.1 Å². The molecule has 0 atom stereocenters. The summed E-state index contributed by atoms with van der Waals surface area (Å²) in [5.74, 6) is -1.10. The lowest BCUT2D eigenvalue weighted by Crippen LogP contribution is -2.52. The van der Waals surface area contributed by atoms with E-state index >= 15 is 0 Å². The molecule has 49 heavy (non-hydrogen) atoms. The number of imide groups is 1. The first kappa shape index (κ1) is 33.3. The number of methoxy groups -OCH3 is 1. The first-order valence-corrected chi connectivity index (χ1v) is 16.2. The lowest BCUT2D eigenvalue weighted by atomic mass is 10.0. The van der Waals surface area contributed by atoms with Gasteiger partial charge in [-0.1, -0.05) is 24.3 Å². The van der Waals surface area contributed by atoms with Crippen molar-refractivity contribution < 1.29 is 38.2 Å². The smallest absolute Gasteiger partial charge is 0.295 e. The number of anilines is 1. The van der Waals surface area contributed by atoms with Crippen LogP contribution < -0.4 is 14.8 Å². The zero-order valence-electron chi connectivity index (χ0n) is 27.2. The second kappa shape index (κ2) is 15.1. The summed E-state index contributed by atoms with van der Waals surface area (Å²) >= 11 is 0. The Morgan fingerprint density at radius 3 is 2.22 bits per heavy atom. The van der Waals surface area contributed by atoms with Crippen molar-refractivity contribution in [1.82, 2.24) is 19.7 Å². The summed E-state index contributed by atoms with van der Waals surface area (Å²) in [5, 5.41) is 3.22. The van der Waals surface area contributed by atoms with Gasteiger partial charge in [0.2, 0.25) is 11.8 Å². The summed E-state index contributed by atoms with van der Waals surface area (Å²) in [5.41, 5.74) is 3.27. The average Bonchev–Trinajstić information content (AvgIpc) is 3.59. The molecular formula is C36H37N5O8. The van der Waals surface area contributed by atoms with Crippen LogP contribution in [0.5, 0.6) is 11.6 Å². The van der Waals surface area contributed by atoms with Gasteiger partial charge in [-0.05, 0) is 42.8 Å². The number of aromatic nitrogens is 1. The van der Waals surface area contributed by atoms with E-state index in [0.29, 0.717) is 79.5 Å². The SMILES string of the molecule is COc1ncc(OCCOCCNc2ccc(C(=O)N3CCC3=O)cc2)c2c1CC=C2C(=O)C(=O)N1CCN(C(=O)c2ccccc2)CC1. The molecule has 13 heteroatoms. The normalized spacial score (nSPS) is 15.2. The summed E-state index contributed by atoms with van der Waals surface area (Å²) in [4.78, 5) is 72.3. The van der Waals surface area contributed by atoms with Gasteiger partial charge in [-0.25, -0.2) is 4.98 Å². The summed E-state index contributed by atoms with van der Waals surface area (Å²) in [6.07, 6.45) is 3.96. The van der Waals surface area contributed by atoms with Crippen molar-refractivity contribution in [3.8, 4) is 11.6 Å². The number of fused-ring (bicyclic) bond motifs is 1. The first-order chi connectivity index (χ1) is 23.9. The number of hydrogen-bond acceptors (Lipinski definition) is 10. The van der Waals surface area contributed by atoms with E-state index in [1.807, 2.05) is 18.2 Å². The van der Waals surface area contributed by atoms with Gasteiger partial charge >= 0.3 is 0 Å². The van der Waals surface area contributed by atoms with E-state index in [9.17, 15) is 24.0 Å². The third kappa shape index (κ3) is 7.31. The monoisotopic (exact) mass is 667 g/mol. The minimum absolute atomic E-state index is 0.102. The zero-order valence-corrected chi connectivity index (χ0v) is 27.2. The number of amides is 4. The molecule has 4 amide bonds. The second-order valence-corrected chi connectivity index (χ2v) is 11.7. The standard InChI is InChI=1S/C36H37N5O8/c1-47-33-28-12-11-27(32(43)36(46)40-18-16-39(17-19-40)34(44)24-5-3-2-4-6-24)31(28)29(23-38-33)49-22-21-48-20-14-37-26-9-7-25(8-10-26)35(45)41-15-13-30(41)42/h2-11,23,37H,12-22H2,1H3. The number of allylic oxidation sites excluding steroid dienone is 1. The lowest BCUT2D eigenvalue weighted by Gasteiger charge is -2.34. The Kier molecular flexibility index (Phi) is 10.3. The lowest BCUT2D eigenvalue weighted by molar-refractivity contribution is -0.142. The number of nitrogens with one attached hydrogen (secondary N) is 1. The van der Waals surface area contributed by atoms with Crippen molar-refractivity contribution in [2.75, 3.05) is 71.5 Å². The Morgan fingerprint density at radius 1 is 0.837 bits per heavy atom.